The molecule has 2 amide bonds. The summed E-state index contributed by atoms with van der Waals surface area (Å²) in [5, 5.41) is 2.90. The molecule has 0 aliphatic carbocycles. The number of benzene rings is 1. The van der Waals surface area contributed by atoms with Crippen LogP contribution in [0.2, 0.25) is 0 Å². The second-order valence-electron chi connectivity index (χ2n) is 8.68. The smallest absolute Gasteiger partial charge is 0.410 e. The standard InChI is InChI=1S/C24H31N3O4/c1-24(2,3)31-23(29)27(17-20-16-19-8-4-5-9-21(19)30-20)15-7-6-12-26-22(28)18-10-13-25-14-11-18/h4-5,8-11,13-14,20H,6-7,12,15-17H2,1-3H3,(H,26,28). The van der Waals surface area contributed by atoms with E-state index in [4.69, 9.17) is 9.47 Å². The molecule has 0 radical (unpaired) electrons. The van der Waals surface area contributed by atoms with Gasteiger partial charge in [-0.3, -0.25) is 9.78 Å². The highest BCUT2D eigenvalue weighted by molar-refractivity contribution is 5.93. The molecule has 1 N–H and O–H groups in total. The number of amides is 2. The first-order valence-corrected chi connectivity index (χ1v) is 10.7. The van der Waals surface area contributed by atoms with Gasteiger partial charge >= 0.3 is 6.09 Å². The Bertz CT molecular complexity index is 855. The maximum absolute atomic E-state index is 12.7. The Morgan fingerprint density at radius 2 is 1.90 bits per heavy atom. The number of pyridine rings is 1. The van der Waals surface area contributed by atoms with E-state index in [0.717, 1.165) is 30.6 Å². The summed E-state index contributed by atoms with van der Waals surface area (Å²) in [6.07, 6.45) is 5.03. The van der Waals surface area contributed by atoms with Gasteiger partial charge in [-0.2, -0.15) is 0 Å². The summed E-state index contributed by atoms with van der Waals surface area (Å²) >= 11 is 0. The fraction of sp³-hybridized carbons (Fsp3) is 0.458. The predicted molar refractivity (Wildman–Crippen MR) is 118 cm³/mol. The number of hydrogen-bond donors (Lipinski definition) is 1. The first kappa shape index (κ1) is 22.6. The van der Waals surface area contributed by atoms with E-state index in [1.165, 1.54) is 0 Å². The van der Waals surface area contributed by atoms with Crippen molar-refractivity contribution < 1.29 is 19.1 Å². The van der Waals surface area contributed by atoms with E-state index in [1.807, 2.05) is 39.0 Å². The molecule has 166 valence electrons. The Morgan fingerprint density at radius 1 is 1.16 bits per heavy atom. The number of para-hydroxylation sites is 1. The summed E-state index contributed by atoms with van der Waals surface area (Å²) in [7, 11) is 0. The monoisotopic (exact) mass is 425 g/mol. The summed E-state index contributed by atoms with van der Waals surface area (Å²) in [6.45, 7) is 7.12. The molecule has 2 aromatic rings. The van der Waals surface area contributed by atoms with Crippen LogP contribution in [0.1, 0.15) is 49.5 Å². The zero-order chi connectivity index (χ0) is 22.3. The van der Waals surface area contributed by atoms with Crippen LogP contribution < -0.4 is 10.1 Å². The highest BCUT2D eigenvalue weighted by Crippen LogP contribution is 2.28. The van der Waals surface area contributed by atoms with E-state index >= 15 is 0 Å². The molecule has 0 fully saturated rings. The summed E-state index contributed by atoms with van der Waals surface area (Å²) < 4.78 is 11.6. The van der Waals surface area contributed by atoms with E-state index < -0.39 is 5.60 Å². The van der Waals surface area contributed by atoms with Crippen molar-refractivity contribution in [3.05, 3.63) is 59.9 Å². The number of ether oxygens (including phenoxy) is 2. The number of carbonyl (C=O) groups is 2. The lowest BCUT2D eigenvalue weighted by Crippen LogP contribution is -2.43. The van der Waals surface area contributed by atoms with Crippen molar-refractivity contribution in [3.8, 4) is 5.75 Å². The van der Waals surface area contributed by atoms with Gasteiger partial charge in [0.1, 0.15) is 17.5 Å². The molecule has 1 unspecified atom stereocenters. The highest BCUT2D eigenvalue weighted by Gasteiger charge is 2.29. The van der Waals surface area contributed by atoms with Crippen LogP contribution in [-0.2, 0) is 11.2 Å². The molecule has 31 heavy (non-hydrogen) atoms. The summed E-state index contributed by atoms with van der Waals surface area (Å²) in [5.74, 6) is 0.763. The Balaban J connectivity index is 1.48. The van der Waals surface area contributed by atoms with Crippen molar-refractivity contribution in [2.45, 2.75) is 51.7 Å². The molecule has 0 bridgehead atoms. The molecule has 1 aromatic carbocycles. The Morgan fingerprint density at radius 3 is 2.61 bits per heavy atom. The second kappa shape index (κ2) is 10.3. The molecule has 0 saturated carbocycles. The molecule has 1 atom stereocenters. The summed E-state index contributed by atoms with van der Waals surface area (Å²) in [4.78, 5) is 30.5. The van der Waals surface area contributed by atoms with Crippen molar-refractivity contribution in [2.24, 2.45) is 0 Å². The highest BCUT2D eigenvalue weighted by atomic mass is 16.6. The molecular weight excluding hydrogens is 394 g/mol. The minimum atomic E-state index is -0.562. The quantitative estimate of drug-likeness (QED) is 0.650. The average Bonchev–Trinajstić information content (AvgIpc) is 3.14. The van der Waals surface area contributed by atoms with E-state index in [1.54, 1.807) is 29.4 Å². The number of carbonyl (C=O) groups excluding carboxylic acids is 2. The number of nitrogens with zero attached hydrogens (tertiary/aromatic N) is 2. The second-order valence-corrected chi connectivity index (χ2v) is 8.68. The van der Waals surface area contributed by atoms with Crippen molar-refractivity contribution >= 4 is 12.0 Å². The fourth-order valence-corrected chi connectivity index (χ4v) is 3.42. The van der Waals surface area contributed by atoms with Crippen LogP contribution >= 0.6 is 0 Å². The van der Waals surface area contributed by atoms with Crippen molar-refractivity contribution in [3.63, 3.8) is 0 Å². The van der Waals surface area contributed by atoms with Crippen LogP contribution in [0.3, 0.4) is 0 Å². The molecule has 3 rings (SSSR count). The van der Waals surface area contributed by atoms with Gasteiger partial charge in [-0.05, 0) is 57.4 Å². The van der Waals surface area contributed by atoms with Gasteiger partial charge in [-0.1, -0.05) is 18.2 Å². The maximum Gasteiger partial charge on any atom is 0.410 e. The van der Waals surface area contributed by atoms with Crippen LogP contribution in [-0.4, -0.2) is 53.2 Å². The molecule has 1 aromatic heterocycles. The van der Waals surface area contributed by atoms with Crippen LogP contribution in [0.4, 0.5) is 4.79 Å². The van der Waals surface area contributed by atoms with Gasteiger partial charge in [-0.25, -0.2) is 4.79 Å². The minimum Gasteiger partial charge on any atom is -0.488 e. The van der Waals surface area contributed by atoms with Gasteiger partial charge in [0.25, 0.3) is 5.91 Å². The van der Waals surface area contributed by atoms with Gasteiger partial charge < -0.3 is 19.7 Å². The Hall–Kier alpha value is -3.09. The van der Waals surface area contributed by atoms with Crippen LogP contribution in [0.25, 0.3) is 0 Å². The van der Waals surface area contributed by atoms with Gasteiger partial charge in [0.15, 0.2) is 0 Å². The molecule has 0 saturated heterocycles. The molecule has 7 heteroatoms. The zero-order valence-corrected chi connectivity index (χ0v) is 18.5. The van der Waals surface area contributed by atoms with E-state index in [-0.39, 0.29) is 18.1 Å². The minimum absolute atomic E-state index is 0.0867. The van der Waals surface area contributed by atoms with Crippen LogP contribution in [0, 0.1) is 0 Å². The lowest BCUT2D eigenvalue weighted by atomic mass is 10.1. The van der Waals surface area contributed by atoms with Crippen LogP contribution in [0.15, 0.2) is 48.8 Å². The molecule has 1 aliphatic heterocycles. The maximum atomic E-state index is 12.7. The number of nitrogens with one attached hydrogen (secondary N) is 1. The third kappa shape index (κ3) is 6.98. The topological polar surface area (TPSA) is 80.8 Å². The average molecular weight is 426 g/mol. The molecule has 2 heterocycles. The Kier molecular flexibility index (Phi) is 7.50. The number of fused-ring (bicyclic) bond motifs is 1. The van der Waals surface area contributed by atoms with Gasteiger partial charge in [0.05, 0.1) is 6.54 Å². The summed E-state index contributed by atoms with van der Waals surface area (Å²) in [6, 6.07) is 11.3. The van der Waals surface area contributed by atoms with Crippen molar-refractivity contribution in [1.29, 1.82) is 0 Å². The molecule has 0 spiro atoms. The zero-order valence-electron chi connectivity index (χ0n) is 18.5. The molecule has 1 aliphatic rings. The van der Waals surface area contributed by atoms with E-state index in [0.29, 0.717) is 25.2 Å². The molecular formula is C24H31N3O4. The third-order valence-corrected chi connectivity index (χ3v) is 4.87. The first-order valence-electron chi connectivity index (χ1n) is 10.7. The van der Waals surface area contributed by atoms with E-state index in [2.05, 4.69) is 16.4 Å². The summed E-state index contributed by atoms with van der Waals surface area (Å²) in [5.41, 5.74) is 1.19. The number of unbranched alkanes of at least 4 members (excludes halogenated alkanes) is 1. The van der Waals surface area contributed by atoms with E-state index in [9.17, 15) is 9.59 Å². The lowest BCUT2D eigenvalue weighted by molar-refractivity contribution is 0.0179. The third-order valence-electron chi connectivity index (χ3n) is 4.87. The SMILES string of the molecule is CC(C)(C)OC(=O)N(CCCCNC(=O)c1ccncc1)CC1Cc2ccccc2O1. The largest absolute Gasteiger partial charge is 0.488 e. The Labute approximate surface area is 183 Å². The van der Waals surface area contributed by atoms with Crippen LogP contribution in [0.5, 0.6) is 5.75 Å². The van der Waals surface area contributed by atoms with Gasteiger partial charge in [-0.15, -0.1) is 0 Å². The number of aromatic nitrogens is 1. The van der Waals surface area contributed by atoms with Crippen molar-refractivity contribution in [1.82, 2.24) is 15.2 Å². The lowest BCUT2D eigenvalue weighted by Gasteiger charge is -2.29. The van der Waals surface area contributed by atoms with Gasteiger partial charge in [0.2, 0.25) is 0 Å². The number of rotatable bonds is 8. The molecule has 7 nitrogen and oxygen atoms in total. The predicted octanol–water partition coefficient (Wildman–Crippen LogP) is 3.83. The van der Waals surface area contributed by atoms with Gasteiger partial charge in [0, 0.05) is 37.5 Å². The number of hydrogen-bond acceptors (Lipinski definition) is 5. The van der Waals surface area contributed by atoms with Crippen molar-refractivity contribution in [2.75, 3.05) is 19.6 Å². The first-order chi connectivity index (χ1) is 14.8. The normalized spacial score (nSPS) is 15.0. The fourth-order valence-electron chi connectivity index (χ4n) is 3.42.